The molecular formula is C13H18BrClO3. The second-order valence-electron chi connectivity index (χ2n) is 3.67. The largest absolute Gasteiger partial charge is 0.489 e. The van der Waals surface area contributed by atoms with Crippen molar-refractivity contribution in [2.75, 3.05) is 33.5 Å². The molecule has 1 aromatic rings. The molecule has 3 nitrogen and oxygen atoms in total. The van der Waals surface area contributed by atoms with Crippen LogP contribution < -0.4 is 4.74 Å². The fourth-order valence-electron chi connectivity index (χ4n) is 1.43. The zero-order chi connectivity index (χ0) is 13.2. The summed E-state index contributed by atoms with van der Waals surface area (Å²) < 4.78 is 16.0. The number of halogens is 2. The molecule has 102 valence electrons. The molecule has 1 aromatic carbocycles. The number of ether oxygens (including phenoxy) is 3. The molecule has 0 saturated carbocycles. The standard InChI is InChI=1S/C13H18BrClO3/c1-16-6-3-7-17-8-9-18-13-11(10-14)4-2-5-12(13)15/h2,4-5H,3,6-10H2,1H3. The van der Waals surface area contributed by atoms with Crippen LogP contribution in [0.15, 0.2) is 18.2 Å². The van der Waals surface area contributed by atoms with Crippen LogP contribution in [0.5, 0.6) is 5.75 Å². The molecule has 5 heteroatoms. The summed E-state index contributed by atoms with van der Waals surface area (Å²) in [5, 5.41) is 1.35. The highest BCUT2D eigenvalue weighted by Gasteiger charge is 2.06. The molecule has 0 amide bonds. The van der Waals surface area contributed by atoms with Gasteiger partial charge in [-0.25, -0.2) is 0 Å². The van der Waals surface area contributed by atoms with Gasteiger partial charge in [0.15, 0.2) is 0 Å². The Hall–Kier alpha value is -0.290. The third-order valence-corrected chi connectivity index (χ3v) is 3.21. The van der Waals surface area contributed by atoms with E-state index < -0.39 is 0 Å². The van der Waals surface area contributed by atoms with Gasteiger partial charge in [0.2, 0.25) is 0 Å². The predicted molar refractivity (Wildman–Crippen MR) is 76.9 cm³/mol. The minimum absolute atomic E-state index is 0.497. The maximum atomic E-state index is 6.09. The zero-order valence-corrected chi connectivity index (χ0v) is 12.8. The Morgan fingerprint density at radius 3 is 2.72 bits per heavy atom. The van der Waals surface area contributed by atoms with Crippen molar-refractivity contribution in [1.82, 2.24) is 0 Å². The maximum Gasteiger partial charge on any atom is 0.142 e. The Labute approximate surface area is 121 Å². The minimum atomic E-state index is 0.497. The number of hydrogen-bond acceptors (Lipinski definition) is 3. The first-order chi connectivity index (χ1) is 8.79. The summed E-state index contributed by atoms with van der Waals surface area (Å²) in [5.74, 6) is 0.733. The molecule has 18 heavy (non-hydrogen) atoms. The molecule has 0 heterocycles. The molecule has 0 aliphatic carbocycles. The van der Waals surface area contributed by atoms with Gasteiger partial charge in [-0.3, -0.25) is 0 Å². The number of methoxy groups -OCH3 is 1. The van der Waals surface area contributed by atoms with Crippen LogP contribution in [0.25, 0.3) is 0 Å². The molecule has 0 saturated heterocycles. The SMILES string of the molecule is COCCCOCCOc1c(Cl)cccc1CBr. The van der Waals surface area contributed by atoms with E-state index in [-0.39, 0.29) is 0 Å². The summed E-state index contributed by atoms with van der Waals surface area (Å²) in [7, 11) is 1.68. The summed E-state index contributed by atoms with van der Waals surface area (Å²) in [6.45, 7) is 2.46. The van der Waals surface area contributed by atoms with Gasteiger partial charge < -0.3 is 14.2 Å². The van der Waals surface area contributed by atoms with E-state index in [0.717, 1.165) is 29.7 Å². The highest BCUT2D eigenvalue weighted by Crippen LogP contribution is 2.29. The van der Waals surface area contributed by atoms with Crippen molar-refractivity contribution in [2.24, 2.45) is 0 Å². The molecule has 0 aliphatic rings. The van der Waals surface area contributed by atoms with Gasteiger partial charge in [-0.2, -0.15) is 0 Å². The fraction of sp³-hybridized carbons (Fsp3) is 0.538. The zero-order valence-electron chi connectivity index (χ0n) is 10.5. The lowest BCUT2D eigenvalue weighted by molar-refractivity contribution is 0.0805. The van der Waals surface area contributed by atoms with Crippen LogP contribution >= 0.6 is 27.5 Å². The molecule has 0 bridgehead atoms. The molecule has 0 aromatic heterocycles. The van der Waals surface area contributed by atoms with Crippen molar-refractivity contribution in [3.8, 4) is 5.75 Å². The molecule has 0 aliphatic heterocycles. The van der Waals surface area contributed by atoms with Gasteiger partial charge in [-0.15, -0.1) is 0 Å². The minimum Gasteiger partial charge on any atom is -0.489 e. The van der Waals surface area contributed by atoms with Crippen molar-refractivity contribution in [3.05, 3.63) is 28.8 Å². The van der Waals surface area contributed by atoms with E-state index >= 15 is 0 Å². The number of alkyl halides is 1. The Morgan fingerprint density at radius 2 is 2.00 bits per heavy atom. The van der Waals surface area contributed by atoms with Crippen molar-refractivity contribution < 1.29 is 14.2 Å². The highest BCUT2D eigenvalue weighted by molar-refractivity contribution is 9.08. The van der Waals surface area contributed by atoms with Gasteiger partial charge >= 0.3 is 0 Å². The predicted octanol–water partition coefficient (Wildman–Crippen LogP) is 3.67. The summed E-state index contributed by atoms with van der Waals surface area (Å²) in [6, 6.07) is 5.71. The van der Waals surface area contributed by atoms with Gasteiger partial charge in [-0.05, 0) is 12.5 Å². The van der Waals surface area contributed by atoms with Crippen molar-refractivity contribution in [3.63, 3.8) is 0 Å². The van der Waals surface area contributed by atoms with Crippen LogP contribution in [0.1, 0.15) is 12.0 Å². The molecule has 0 fully saturated rings. The molecular weight excluding hydrogens is 319 g/mol. The molecule has 0 radical (unpaired) electrons. The van der Waals surface area contributed by atoms with E-state index in [1.165, 1.54) is 0 Å². The number of benzene rings is 1. The normalized spacial score (nSPS) is 10.6. The topological polar surface area (TPSA) is 27.7 Å². The summed E-state index contributed by atoms with van der Waals surface area (Å²) >= 11 is 9.50. The van der Waals surface area contributed by atoms with Crippen LogP contribution in [0.3, 0.4) is 0 Å². The van der Waals surface area contributed by atoms with Gasteiger partial charge in [0, 0.05) is 31.2 Å². The number of hydrogen-bond donors (Lipinski definition) is 0. The van der Waals surface area contributed by atoms with E-state index in [1.54, 1.807) is 7.11 Å². The summed E-state index contributed by atoms with van der Waals surface area (Å²) in [6.07, 6.45) is 0.898. The lowest BCUT2D eigenvalue weighted by atomic mass is 10.2. The quantitative estimate of drug-likeness (QED) is 0.508. The smallest absolute Gasteiger partial charge is 0.142 e. The highest BCUT2D eigenvalue weighted by atomic mass is 79.9. The first kappa shape index (κ1) is 15.8. The fourth-order valence-corrected chi connectivity index (χ4v) is 2.12. The van der Waals surface area contributed by atoms with Gasteiger partial charge in [-0.1, -0.05) is 39.7 Å². The van der Waals surface area contributed by atoms with Crippen molar-refractivity contribution in [2.45, 2.75) is 11.8 Å². The molecule has 0 N–H and O–H groups in total. The van der Waals surface area contributed by atoms with Crippen molar-refractivity contribution >= 4 is 27.5 Å². The second-order valence-corrected chi connectivity index (χ2v) is 4.64. The van der Waals surface area contributed by atoms with Gasteiger partial charge in [0.1, 0.15) is 12.4 Å². The van der Waals surface area contributed by atoms with Crippen LogP contribution in [0.4, 0.5) is 0 Å². The number of rotatable bonds is 9. The Morgan fingerprint density at radius 1 is 1.17 bits per heavy atom. The van der Waals surface area contributed by atoms with Gasteiger partial charge in [0.25, 0.3) is 0 Å². The van der Waals surface area contributed by atoms with Crippen LogP contribution in [-0.2, 0) is 14.8 Å². The van der Waals surface area contributed by atoms with Crippen LogP contribution in [-0.4, -0.2) is 33.5 Å². The van der Waals surface area contributed by atoms with E-state index in [0.29, 0.717) is 24.8 Å². The maximum absolute atomic E-state index is 6.09. The van der Waals surface area contributed by atoms with E-state index in [4.69, 9.17) is 25.8 Å². The third-order valence-electron chi connectivity index (χ3n) is 2.30. The molecule has 0 spiro atoms. The first-order valence-electron chi connectivity index (χ1n) is 5.82. The van der Waals surface area contributed by atoms with Crippen LogP contribution in [0.2, 0.25) is 5.02 Å². The first-order valence-corrected chi connectivity index (χ1v) is 7.32. The number of para-hydroxylation sites is 1. The Balaban J connectivity index is 2.26. The molecule has 1 rings (SSSR count). The lowest BCUT2D eigenvalue weighted by Gasteiger charge is -2.11. The molecule has 0 unspecified atom stereocenters. The Bertz CT molecular complexity index is 347. The van der Waals surface area contributed by atoms with Crippen LogP contribution in [0, 0.1) is 0 Å². The monoisotopic (exact) mass is 336 g/mol. The second kappa shape index (κ2) is 9.62. The average Bonchev–Trinajstić information content (AvgIpc) is 2.39. The van der Waals surface area contributed by atoms with E-state index in [1.807, 2.05) is 18.2 Å². The summed E-state index contributed by atoms with van der Waals surface area (Å²) in [5.41, 5.74) is 1.04. The van der Waals surface area contributed by atoms with Gasteiger partial charge in [0.05, 0.1) is 11.6 Å². The average molecular weight is 338 g/mol. The Kier molecular flexibility index (Phi) is 8.42. The third kappa shape index (κ3) is 5.57. The van der Waals surface area contributed by atoms with E-state index in [2.05, 4.69) is 15.9 Å². The molecule has 0 atom stereocenters. The lowest BCUT2D eigenvalue weighted by Crippen LogP contribution is -2.09. The van der Waals surface area contributed by atoms with E-state index in [9.17, 15) is 0 Å². The summed E-state index contributed by atoms with van der Waals surface area (Å²) in [4.78, 5) is 0. The van der Waals surface area contributed by atoms with Crippen molar-refractivity contribution in [1.29, 1.82) is 0 Å².